The van der Waals surface area contributed by atoms with E-state index in [1.54, 1.807) is 6.07 Å². The normalized spacial score (nSPS) is 23.1. The minimum absolute atomic E-state index is 0.243. The highest BCUT2D eigenvalue weighted by Crippen LogP contribution is 2.53. The van der Waals surface area contributed by atoms with Crippen LogP contribution in [0.1, 0.15) is 6.42 Å². The van der Waals surface area contributed by atoms with E-state index < -0.39 is 4.33 Å². The van der Waals surface area contributed by atoms with E-state index in [1.165, 1.54) is 0 Å². The van der Waals surface area contributed by atoms with Gasteiger partial charge in [-0.3, -0.25) is 0 Å². The lowest BCUT2D eigenvalue weighted by molar-refractivity contribution is 0.299. The first-order valence-electron chi connectivity index (χ1n) is 4.44. The third-order valence-corrected chi connectivity index (χ3v) is 3.19. The highest BCUT2D eigenvalue weighted by molar-refractivity contribution is 6.50. The molecule has 1 aliphatic rings. The van der Waals surface area contributed by atoms with Gasteiger partial charge in [-0.05, 0) is 18.6 Å². The molecule has 0 amide bonds. The largest absolute Gasteiger partial charge is 0.493 e. The van der Waals surface area contributed by atoms with Gasteiger partial charge in [0.05, 0.1) is 6.61 Å². The van der Waals surface area contributed by atoms with Crippen LogP contribution in [0.2, 0.25) is 0 Å². The fourth-order valence-electron chi connectivity index (χ4n) is 1.25. The first kappa shape index (κ1) is 9.94. The molecular weight excluding hydrogens is 221 g/mol. The van der Waals surface area contributed by atoms with E-state index in [9.17, 15) is 0 Å². The summed E-state index contributed by atoms with van der Waals surface area (Å²) >= 11 is 11.7. The van der Waals surface area contributed by atoms with E-state index in [-0.39, 0.29) is 5.92 Å². The van der Waals surface area contributed by atoms with Crippen LogP contribution in [0, 0.1) is 5.92 Å². The molecule has 2 rings (SSSR count). The summed E-state index contributed by atoms with van der Waals surface area (Å²) < 4.78 is 4.93. The van der Waals surface area contributed by atoms with Gasteiger partial charge < -0.3 is 10.5 Å². The van der Waals surface area contributed by atoms with Crippen LogP contribution in [0.3, 0.4) is 0 Å². The Morgan fingerprint density at radius 3 is 2.79 bits per heavy atom. The summed E-state index contributed by atoms with van der Waals surface area (Å²) in [7, 11) is 0. The molecule has 1 aliphatic carbocycles. The molecule has 0 spiro atoms. The van der Waals surface area contributed by atoms with Crippen LogP contribution in [0.25, 0.3) is 0 Å². The molecule has 4 heteroatoms. The van der Waals surface area contributed by atoms with Gasteiger partial charge in [0.15, 0.2) is 0 Å². The van der Waals surface area contributed by atoms with E-state index >= 15 is 0 Å². The van der Waals surface area contributed by atoms with Gasteiger partial charge in [0.1, 0.15) is 10.1 Å². The maximum atomic E-state index is 5.87. The first-order valence-corrected chi connectivity index (χ1v) is 5.20. The second-order valence-corrected chi connectivity index (χ2v) is 5.09. The summed E-state index contributed by atoms with van der Waals surface area (Å²) in [6.45, 7) is 0.552. The molecule has 2 N–H and O–H groups in total. The van der Waals surface area contributed by atoms with Crippen molar-refractivity contribution >= 4 is 28.9 Å². The second kappa shape index (κ2) is 3.52. The fourth-order valence-corrected chi connectivity index (χ4v) is 1.75. The maximum Gasteiger partial charge on any atom is 0.125 e. The predicted molar refractivity (Wildman–Crippen MR) is 58.9 cm³/mol. The van der Waals surface area contributed by atoms with E-state index in [0.717, 1.165) is 12.2 Å². The molecule has 1 saturated carbocycles. The molecule has 1 aromatic rings. The third-order valence-electron chi connectivity index (χ3n) is 2.26. The molecule has 76 valence electrons. The maximum absolute atomic E-state index is 5.87. The van der Waals surface area contributed by atoms with Crippen LogP contribution in [0.15, 0.2) is 24.3 Å². The molecule has 1 aromatic carbocycles. The number of rotatable bonds is 3. The molecule has 0 aromatic heterocycles. The van der Waals surface area contributed by atoms with E-state index in [2.05, 4.69) is 0 Å². The van der Waals surface area contributed by atoms with Gasteiger partial charge in [-0.15, -0.1) is 23.2 Å². The smallest absolute Gasteiger partial charge is 0.125 e. The lowest BCUT2D eigenvalue weighted by atomic mass is 10.3. The Bertz CT molecular complexity index is 341. The van der Waals surface area contributed by atoms with Crippen LogP contribution < -0.4 is 10.5 Å². The number of anilines is 1. The van der Waals surface area contributed by atoms with Crippen molar-refractivity contribution in [1.29, 1.82) is 0 Å². The quantitative estimate of drug-likeness (QED) is 0.642. The van der Waals surface area contributed by atoms with Crippen molar-refractivity contribution in [3.8, 4) is 5.75 Å². The Balaban J connectivity index is 1.87. The Kier molecular flexibility index (Phi) is 2.50. The molecule has 0 radical (unpaired) electrons. The Hall–Kier alpha value is -0.600. The summed E-state index contributed by atoms with van der Waals surface area (Å²) in [5.41, 5.74) is 6.30. The van der Waals surface area contributed by atoms with Crippen molar-refractivity contribution in [2.45, 2.75) is 10.8 Å². The zero-order valence-electron chi connectivity index (χ0n) is 7.54. The predicted octanol–water partition coefficient (Wildman–Crippen LogP) is 2.84. The van der Waals surface area contributed by atoms with Gasteiger partial charge >= 0.3 is 0 Å². The van der Waals surface area contributed by atoms with Crippen molar-refractivity contribution in [3.05, 3.63) is 24.3 Å². The van der Waals surface area contributed by atoms with Crippen molar-refractivity contribution in [2.75, 3.05) is 12.3 Å². The standard InChI is InChI=1S/C10H11Cl2NO/c11-10(12)5-7(10)6-14-9-3-1-2-8(13)4-9/h1-4,7H,5-6,13H2. The van der Waals surface area contributed by atoms with E-state index in [4.69, 9.17) is 33.7 Å². The average Bonchev–Trinajstić information content (AvgIpc) is 2.71. The lowest BCUT2D eigenvalue weighted by Gasteiger charge is -2.06. The van der Waals surface area contributed by atoms with Crippen LogP contribution in [0.4, 0.5) is 5.69 Å². The van der Waals surface area contributed by atoms with Crippen LogP contribution in [0.5, 0.6) is 5.75 Å². The van der Waals surface area contributed by atoms with Crippen LogP contribution in [-0.2, 0) is 0 Å². The number of alkyl halides is 2. The van der Waals surface area contributed by atoms with Gasteiger partial charge in [-0.1, -0.05) is 6.07 Å². The number of halogens is 2. The number of hydrogen-bond acceptors (Lipinski definition) is 2. The topological polar surface area (TPSA) is 35.2 Å². The van der Waals surface area contributed by atoms with Crippen molar-refractivity contribution in [1.82, 2.24) is 0 Å². The molecule has 0 bridgehead atoms. The molecule has 0 saturated heterocycles. The SMILES string of the molecule is Nc1cccc(OCC2CC2(Cl)Cl)c1. The number of nitrogen functional groups attached to an aromatic ring is 1. The van der Waals surface area contributed by atoms with Crippen LogP contribution >= 0.6 is 23.2 Å². The summed E-state index contributed by atoms with van der Waals surface area (Å²) in [6, 6.07) is 7.32. The zero-order chi connectivity index (χ0) is 10.2. The van der Waals surface area contributed by atoms with Gasteiger partial charge in [0.2, 0.25) is 0 Å². The molecule has 14 heavy (non-hydrogen) atoms. The fraction of sp³-hybridized carbons (Fsp3) is 0.400. The number of ether oxygens (including phenoxy) is 1. The van der Waals surface area contributed by atoms with Gasteiger partial charge in [0.25, 0.3) is 0 Å². The summed E-state index contributed by atoms with van der Waals surface area (Å²) in [5, 5.41) is 0. The van der Waals surface area contributed by atoms with E-state index in [1.807, 2.05) is 18.2 Å². The number of hydrogen-bond donors (Lipinski definition) is 1. The zero-order valence-corrected chi connectivity index (χ0v) is 9.05. The molecular formula is C10H11Cl2NO. The highest BCUT2D eigenvalue weighted by Gasteiger charge is 2.52. The van der Waals surface area contributed by atoms with Crippen LogP contribution in [-0.4, -0.2) is 10.9 Å². The molecule has 1 unspecified atom stereocenters. The summed E-state index contributed by atoms with van der Waals surface area (Å²) in [5.74, 6) is 1.01. The minimum Gasteiger partial charge on any atom is -0.493 e. The molecule has 0 heterocycles. The first-order chi connectivity index (χ1) is 6.58. The second-order valence-electron chi connectivity index (χ2n) is 3.55. The third kappa shape index (κ3) is 2.25. The molecule has 2 nitrogen and oxygen atoms in total. The molecule has 1 fully saturated rings. The summed E-state index contributed by atoms with van der Waals surface area (Å²) in [4.78, 5) is 0. The Morgan fingerprint density at radius 1 is 1.50 bits per heavy atom. The minimum atomic E-state index is -0.569. The summed E-state index contributed by atoms with van der Waals surface area (Å²) in [6.07, 6.45) is 0.804. The monoisotopic (exact) mass is 231 g/mol. The average molecular weight is 232 g/mol. The number of benzene rings is 1. The van der Waals surface area contributed by atoms with Crippen molar-refractivity contribution in [2.24, 2.45) is 5.92 Å². The Morgan fingerprint density at radius 2 is 2.21 bits per heavy atom. The number of nitrogens with two attached hydrogens (primary N) is 1. The highest BCUT2D eigenvalue weighted by atomic mass is 35.5. The van der Waals surface area contributed by atoms with Crippen molar-refractivity contribution < 1.29 is 4.74 Å². The van der Waals surface area contributed by atoms with Gasteiger partial charge in [-0.25, -0.2) is 0 Å². The molecule has 1 atom stereocenters. The van der Waals surface area contributed by atoms with E-state index in [0.29, 0.717) is 12.3 Å². The molecule has 0 aliphatic heterocycles. The van der Waals surface area contributed by atoms with Crippen molar-refractivity contribution in [3.63, 3.8) is 0 Å². The Labute approximate surface area is 92.9 Å². The van der Waals surface area contributed by atoms with Gasteiger partial charge in [0, 0.05) is 17.7 Å². The lowest BCUT2D eigenvalue weighted by Crippen LogP contribution is -2.04. The van der Waals surface area contributed by atoms with Gasteiger partial charge in [-0.2, -0.15) is 0 Å².